The summed E-state index contributed by atoms with van der Waals surface area (Å²) in [6.45, 7) is 0. The lowest BCUT2D eigenvalue weighted by molar-refractivity contribution is 0.0391. The van der Waals surface area contributed by atoms with Crippen LogP contribution in [0.3, 0.4) is 0 Å². The van der Waals surface area contributed by atoms with E-state index in [9.17, 15) is 9.59 Å². The monoisotopic (exact) mass is 589 g/mol. The summed E-state index contributed by atoms with van der Waals surface area (Å²) in [5.74, 6) is -1.19. The third-order valence-electron chi connectivity index (χ3n) is 9.64. The van der Waals surface area contributed by atoms with Crippen LogP contribution in [0.5, 0.6) is 0 Å². The summed E-state index contributed by atoms with van der Waals surface area (Å²) >= 11 is 0. The zero-order chi connectivity index (χ0) is 30.5. The van der Waals surface area contributed by atoms with E-state index in [4.69, 9.17) is 4.74 Å². The summed E-state index contributed by atoms with van der Waals surface area (Å²) in [6.07, 6.45) is 0. The molecule has 1 heterocycles. The summed E-state index contributed by atoms with van der Waals surface area (Å²) in [7, 11) is 0. The lowest BCUT2D eigenvalue weighted by Crippen LogP contribution is -2.19. The van der Waals surface area contributed by atoms with Gasteiger partial charge in [0.2, 0.25) is 0 Å². The predicted octanol–water partition coefficient (Wildman–Crippen LogP) is 10.8. The van der Waals surface area contributed by atoms with Crippen molar-refractivity contribution in [3.63, 3.8) is 0 Å². The van der Waals surface area contributed by atoms with E-state index < -0.39 is 11.9 Å². The van der Waals surface area contributed by atoms with E-state index >= 15 is 0 Å². The smallest absolute Gasteiger partial charge is 0.346 e. The van der Waals surface area contributed by atoms with E-state index in [-0.39, 0.29) is 0 Å². The van der Waals surface area contributed by atoms with Gasteiger partial charge < -0.3 is 9.64 Å². The van der Waals surface area contributed by atoms with Crippen molar-refractivity contribution in [3.05, 3.63) is 151 Å². The molecule has 0 aliphatic carbocycles. The average molecular weight is 590 g/mol. The van der Waals surface area contributed by atoms with Crippen LogP contribution in [0.4, 0.5) is 17.1 Å². The molecular weight excluding hydrogens is 566 g/mol. The lowest BCUT2D eigenvalue weighted by atomic mass is 9.85. The van der Waals surface area contributed by atoms with Gasteiger partial charge in [-0.05, 0) is 73.4 Å². The lowest BCUT2D eigenvalue weighted by Gasteiger charge is -2.30. The topological polar surface area (TPSA) is 46.6 Å². The molecule has 9 aromatic rings. The number of carbonyl (C=O) groups excluding carboxylic acids is 2. The molecule has 0 radical (unpaired) electrons. The first-order valence-electron chi connectivity index (χ1n) is 15.4. The number of hydrogen-bond donors (Lipinski definition) is 0. The minimum absolute atomic E-state index is 0.431. The van der Waals surface area contributed by atoms with Crippen molar-refractivity contribution in [2.24, 2.45) is 0 Å². The zero-order valence-corrected chi connectivity index (χ0v) is 24.5. The van der Waals surface area contributed by atoms with Crippen LogP contribution < -0.4 is 4.90 Å². The number of cyclic esters (lactones) is 2. The Bertz CT molecular complexity index is 2620. The van der Waals surface area contributed by atoms with Gasteiger partial charge in [0, 0.05) is 21.5 Å². The van der Waals surface area contributed by atoms with E-state index in [1.807, 2.05) is 12.1 Å². The molecule has 0 amide bonds. The SMILES string of the molecule is O=C1OC(=O)c2ccc3c4ccc(N(c5cccc6ccccc56)c5cccc6ccccc56)c5cccc(c6ccc1c2c63)c54. The highest BCUT2D eigenvalue weighted by Gasteiger charge is 2.30. The minimum Gasteiger partial charge on any atom is -0.386 e. The number of carbonyl (C=O) groups is 2. The van der Waals surface area contributed by atoms with E-state index in [0.29, 0.717) is 16.5 Å². The Labute approximate surface area is 263 Å². The van der Waals surface area contributed by atoms with Crippen LogP contribution in [0.2, 0.25) is 0 Å². The number of anilines is 3. The Hall–Kier alpha value is -6.26. The number of rotatable bonds is 3. The van der Waals surface area contributed by atoms with Gasteiger partial charge in [-0.2, -0.15) is 0 Å². The number of ether oxygens (including phenoxy) is 1. The van der Waals surface area contributed by atoms with Crippen molar-refractivity contribution in [1.82, 2.24) is 0 Å². The molecule has 0 atom stereocenters. The third-order valence-corrected chi connectivity index (χ3v) is 9.64. The molecule has 0 unspecified atom stereocenters. The quantitative estimate of drug-likeness (QED) is 0.0890. The molecule has 10 rings (SSSR count). The molecule has 46 heavy (non-hydrogen) atoms. The van der Waals surface area contributed by atoms with Crippen LogP contribution >= 0.6 is 0 Å². The van der Waals surface area contributed by atoms with Crippen LogP contribution in [0.25, 0.3) is 64.6 Å². The molecular formula is C42H23NO3. The fraction of sp³-hybridized carbons (Fsp3) is 0. The molecule has 0 aromatic heterocycles. The van der Waals surface area contributed by atoms with Gasteiger partial charge in [-0.1, -0.05) is 109 Å². The Kier molecular flexibility index (Phi) is 4.98. The molecule has 4 nitrogen and oxygen atoms in total. The highest BCUT2D eigenvalue weighted by molar-refractivity contribution is 6.38. The van der Waals surface area contributed by atoms with Gasteiger partial charge in [0.15, 0.2) is 0 Å². The van der Waals surface area contributed by atoms with E-state index in [1.165, 1.54) is 21.5 Å². The highest BCUT2D eigenvalue weighted by atomic mass is 16.6. The molecule has 1 aliphatic heterocycles. The molecule has 214 valence electrons. The van der Waals surface area contributed by atoms with Gasteiger partial charge >= 0.3 is 11.9 Å². The molecule has 0 spiro atoms. The number of fused-ring (bicyclic) bond motifs is 4. The van der Waals surface area contributed by atoms with E-state index in [0.717, 1.165) is 54.8 Å². The van der Waals surface area contributed by atoms with Crippen molar-refractivity contribution in [1.29, 1.82) is 0 Å². The molecule has 0 bridgehead atoms. The maximum atomic E-state index is 12.8. The fourth-order valence-electron chi connectivity index (χ4n) is 7.71. The minimum atomic E-state index is -0.596. The first-order valence-corrected chi connectivity index (χ1v) is 15.4. The molecule has 4 heteroatoms. The van der Waals surface area contributed by atoms with Gasteiger partial charge in [-0.25, -0.2) is 9.59 Å². The van der Waals surface area contributed by atoms with Crippen molar-refractivity contribution >= 4 is 93.6 Å². The molecule has 0 saturated heterocycles. The first-order chi connectivity index (χ1) is 22.7. The van der Waals surface area contributed by atoms with E-state index in [2.05, 4.69) is 120 Å². The van der Waals surface area contributed by atoms with Crippen LogP contribution in [0.15, 0.2) is 140 Å². The highest BCUT2D eigenvalue weighted by Crippen LogP contribution is 2.49. The number of hydrogen-bond acceptors (Lipinski definition) is 4. The van der Waals surface area contributed by atoms with Crippen LogP contribution in [0.1, 0.15) is 20.7 Å². The van der Waals surface area contributed by atoms with Crippen molar-refractivity contribution in [2.45, 2.75) is 0 Å². The second-order valence-corrected chi connectivity index (χ2v) is 11.9. The Morgan fingerprint density at radius 1 is 0.348 bits per heavy atom. The standard InChI is InChI=1S/C42H23NO3/c44-41-33-20-18-30-28-14-7-15-32-37(23-22-29(38(28)32)31-19-21-34(42(45)46-41)40(33)39(30)31)43(35-16-5-10-24-8-1-3-12-26(24)35)36-17-6-11-25-9-2-4-13-27(25)36/h1-23H. The molecule has 0 fully saturated rings. The summed E-state index contributed by atoms with van der Waals surface area (Å²) in [4.78, 5) is 27.9. The van der Waals surface area contributed by atoms with Gasteiger partial charge in [0.05, 0.1) is 28.2 Å². The van der Waals surface area contributed by atoms with Crippen LogP contribution in [-0.4, -0.2) is 11.9 Å². The summed E-state index contributed by atoms with van der Waals surface area (Å²) in [5.41, 5.74) is 4.13. The van der Waals surface area contributed by atoms with E-state index in [1.54, 1.807) is 12.1 Å². The molecule has 0 N–H and O–H groups in total. The maximum absolute atomic E-state index is 12.8. The van der Waals surface area contributed by atoms with Crippen molar-refractivity contribution in [3.8, 4) is 0 Å². The number of nitrogens with zero attached hydrogens (tertiary/aromatic N) is 1. The summed E-state index contributed by atoms with van der Waals surface area (Å²) in [5, 5.41) is 12.7. The Morgan fingerprint density at radius 2 is 0.783 bits per heavy atom. The predicted molar refractivity (Wildman–Crippen MR) is 187 cm³/mol. The normalized spacial score (nSPS) is 13.0. The van der Waals surface area contributed by atoms with Crippen LogP contribution in [0, 0.1) is 0 Å². The van der Waals surface area contributed by atoms with Gasteiger partial charge in [-0.3, -0.25) is 0 Å². The zero-order valence-electron chi connectivity index (χ0n) is 24.5. The molecule has 9 aromatic carbocycles. The Balaban J connectivity index is 1.36. The average Bonchev–Trinajstić information content (AvgIpc) is 3.10. The third kappa shape index (κ3) is 3.27. The van der Waals surface area contributed by atoms with Gasteiger partial charge in [0.1, 0.15) is 0 Å². The Morgan fingerprint density at radius 3 is 1.41 bits per heavy atom. The van der Waals surface area contributed by atoms with Crippen molar-refractivity contribution < 1.29 is 14.3 Å². The first kappa shape index (κ1) is 25.1. The number of esters is 2. The maximum Gasteiger partial charge on any atom is 0.346 e. The summed E-state index contributed by atoms with van der Waals surface area (Å²) < 4.78 is 5.07. The van der Waals surface area contributed by atoms with Crippen LogP contribution in [-0.2, 0) is 4.74 Å². The second-order valence-electron chi connectivity index (χ2n) is 11.9. The molecule has 0 saturated carbocycles. The largest absolute Gasteiger partial charge is 0.386 e. The summed E-state index contributed by atoms with van der Waals surface area (Å²) in [6, 6.07) is 48.5. The van der Waals surface area contributed by atoms with Gasteiger partial charge in [-0.15, -0.1) is 0 Å². The fourth-order valence-corrected chi connectivity index (χ4v) is 7.71. The number of benzene rings is 9. The van der Waals surface area contributed by atoms with Crippen molar-refractivity contribution in [2.75, 3.05) is 4.90 Å². The van der Waals surface area contributed by atoms with Gasteiger partial charge in [0.25, 0.3) is 0 Å². The molecule has 1 aliphatic rings. The second kappa shape index (κ2) is 9.13.